The monoisotopic (exact) mass is 360 g/mol. The summed E-state index contributed by atoms with van der Waals surface area (Å²) in [4.78, 5) is 0. The Hall–Kier alpha value is -0.980. The predicted octanol–water partition coefficient (Wildman–Crippen LogP) is 8.61. The molecule has 0 fully saturated rings. The Kier molecular flexibility index (Phi) is 13.4. The maximum Gasteiger partial charge on any atom is 0.119 e. The average molecular weight is 361 g/mol. The van der Waals surface area contributed by atoms with Crippen LogP contribution >= 0.6 is 0 Å². The van der Waals surface area contributed by atoms with Crippen molar-refractivity contribution < 1.29 is 5.11 Å². The molecule has 0 saturated heterocycles. The summed E-state index contributed by atoms with van der Waals surface area (Å²) in [6.07, 6.45) is 18.8. The molecule has 0 aliphatic carbocycles. The Morgan fingerprint density at radius 2 is 1.19 bits per heavy atom. The van der Waals surface area contributed by atoms with Crippen molar-refractivity contribution in [1.29, 1.82) is 0 Å². The van der Waals surface area contributed by atoms with Gasteiger partial charge >= 0.3 is 0 Å². The van der Waals surface area contributed by atoms with Gasteiger partial charge in [0.15, 0.2) is 0 Å². The van der Waals surface area contributed by atoms with Gasteiger partial charge in [-0.05, 0) is 29.9 Å². The Morgan fingerprint density at radius 3 is 1.81 bits per heavy atom. The lowest BCUT2D eigenvalue weighted by molar-refractivity contribution is 0.365. The van der Waals surface area contributed by atoms with Crippen molar-refractivity contribution in [2.24, 2.45) is 5.92 Å². The van der Waals surface area contributed by atoms with Crippen molar-refractivity contribution in [3.8, 4) is 5.75 Å². The van der Waals surface area contributed by atoms with E-state index in [1.54, 1.807) is 0 Å². The second kappa shape index (κ2) is 15.1. The van der Waals surface area contributed by atoms with Gasteiger partial charge in [-0.3, -0.25) is 0 Å². The van der Waals surface area contributed by atoms with E-state index in [0.717, 1.165) is 0 Å². The Balaban J connectivity index is 2.39. The largest absolute Gasteiger partial charge is 0.508 e. The number of phenolic OH excluding ortho intramolecular Hbond substituents is 1. The molecule has 2 unspecified atom stereocenters. The van der Waals surface area contributed by atoms with E-state index in [9.17, 15) is 5.11 Å². The number of phenols is 1. The van der Waals surface area contributed by atoms with Gasteiger partial charge in [0, 0.05) is 0 Å². The minimum Gasteiger partial charge on any atom is -0.508 e. The number of hydrogen-bond donors (Lipinski definition) is 1. The Bertz CT molecular complexity index is 440. The molecule has 0 amide bonds. The van der Waals surface area contributed by atoms with Crippen molar-refractivity contribution in [3.05, 3.63) is 29.8 Å². The van der Waals surface area contributed by atoms with Crippen molar-refractivity contribution >= 4 is 0 Å². The predicted molar refractivity (Wildman–Crippen MR) is 116 cm³/mol. The first-order chi connectivity index (χ1) is 12.7. The van der Waals surface area contributed by atoms with Gasteiger partial charge in [-0.15, -0.1) is 0 Å². The zero-order valence-electron chi connectivity index (χ0n) is 17.8. The van der Waals surface area contributed by atoms with E-state index >= 15 is 0 Å². The second-order valence-corrected chi connectivity index (χ2v) is 8.26. The highest BCUT2D eigenvalue weighted by Gasteiger charge is 2.21. The van der Waals surface area contributed by atoms with Crippen LogP contribution in [0, 0.1) is 5.92 Å². The normalized spacial score (nSPS) is 13.7. The van der Waals surface area contributed by atoms with Crippen molar-refractivity contribution in [2.75, 3.05) is 0 Å². The molecule has 1 N–H and O–H groups in total. The molecule has 1 heteroatoms. The van der Waals surface area contributed by atoms with Crippen LogP contribution in [-0.2, 0) is 0 Å². The van der Waals surface area contributed by atoms with Crippen molar-refractivity contribution in [3.63, 3.8) is 0 Å². The third-order valence-electron chi connectivity index (χ3n) is 5.90. The molecule has 150 valence electrons. The molecule has 0 aliphatic rings. The van der Waals surface area contributed by atoms with Crippen LogP contribution in [0.25, 0.3) is 0 Å². The lowest BCUT2D eigenvalue weighted by atomic mass is 9.80. The van der Waals surface area contributed by atoms with Crippen molar-refractivity contribution in [1.82, 2.24) is 0 Å². The smallest absolute Gasteiger partial charge is 0.119 e. The fraction of sp³-hybridized carbons (Fsp3) is 0.760. The maximum absolute atomic E-state index is 10.3. The highest BCUT2D eigenvalue weighted by molar-refractivity contribution is 5.35. The molecule has 1 aromatic rings. The average Bonchev–Trinajstić information content (AvgIpc) is 2.64. The van der Waals surface area contributed by atoms with Crippen LogP contribution in [0.3, 0.4) is 0 Å². The zero-order chi connectivity index (χ0) is 19.0. The summed E-state index contributed by atoms with van der Waals surface area (Å²) in [5, 5.41) is 10.3. The summed E-state index contributed by atoms with van der Waals surface area (Å²) in [6.45, 7) is 6.94. The topological polar surface area (TPSA) is 20.2 Å². The maximum atomic E-state index is 10.3. The summed E-state index contributed by atoms with van der Waals surface area (Å²) in [6, 6.07) is 8.02. The minimum absolute atomic E-state index is 0.496. The van der Waals surface area contributed by atoms with Gasteiger partial charge in [0.1, 0.15) is 5.75 Å². The molecular weight excluding hydrogens is 316 g/mol. The van der Waals surface area contributed by atoms with Gasteiger partial charge in [0.2, 0.25) is 0 Å². The second-order valence-electron chi connectivity index (χ2n) is 8.26. The molecule has 0 aliphatic heterocycles. The molecule has 1 nitrogen and oxygen atoms in total. The number of hydrogen-bond acceptors (Lipinski definition) is 1. The summed E-state index contributed by atoms with van der Waals surface area (Å²) in [7, 11) is 0. The van der Waals surface area contributed by atoms with Crippen LogP contribution in [0.15, 0.2) is 24.3 Å². The van der Waals surface area contributed by atoms with E-state index in [-0.39, 0.29) is 0 Å². The molecule has 0 heterocycles. The molecule has 26 heavy (non-hydrogen) atoms. The highest BCUT2D eigenvalue weighted by atomic mass is 16.3. The highest BCUT2D eigenvalue weighted by Crippen LogP contribution is 2.37. The van der Waals surface area contributed by atoms with E-state index < -0.39 is 0 Å². The number of benzene rings is 1. The van der Waals surface area contributed by atoms with Gasteiger partial charge in [-0.2, -0.15) is 0 Å². The number of para-hydroxylation sites is 1. The fourth-order valence-corrected chi connectivity index (χ4v) is 4.14. The summed E-state index contributed by atoms with van der Waals surface area (Å²) < 4.78 is 0. The molecule has 1 rings (SSSR count). The first-order valence-corrected chi connectivity index (χ1v) is 11.5. The van der Waals surface area contributed by atoms with Crippen LogP contribution in [0.4, 0.5) is 0 Å². The molecule has 0 spiro atoms. The summed E-state index contributed by atoms with van der Waals surface area (Å²) >= 11 is 0. The Morgan fingerprint density at radius 1 is 0.692 bits per heavy atom. The van der Waals surface area contributed by atoms with E-state index in [1.165, 1.54) is 95.5 Å². The summed E-state index contributed by atoms with van der Waals surface area (Å²) in [5.74, 6) is 1.66. The molecule has 0 saturated carbocycles. The first-order valence-electron chi connectivity index (χ1n) is 11.5. The van der Waals surface area contributed by atoms with Crippen LogP contribution in [0.1, 0.15) is 122 Å². The van der Waals surface area contributed by atoms with Crippen molar-refractivity contribution in [2.45, 2.75) is 117 Å². The standard InChI is InChI=1S/C25H44O/c1-4-6-8-9-10-11-12-13-15-19-23(22(3)18-14-7-5-2)24-20-16-17-21-25(24)26/h16-17,20-23,26H,4-15,18-19H2,1-3H3. The van der Waals surface area contributed by atoms with E-state index in [1.807, 2.05) is 12.1 Å². The third-order valence-corrected chi connectivity index (χ3v) is 5.90. The van der Waals surface area contributed by atoms with E-state index in [4.69, 9.17) is 0 Å². The minimum atomic E-state index is 0.496. The lowest BCUT2D eigenvalue weighted by Gasteiger charge is -2.25. The van der Waals surface area contributed by atoms with Gasteiger partial charge < -0.3 is 5.11 Å². The van der Waals surface area contributed by atoms with Gasteiger partial charge in [0.05, 0.1) is 0 Å². The van der Waals surface area contributed by atoms with Crippen LogP contribution in [0.5, 0.6) is 5.75 Å². The van der Waals surface area contributed by atoms with Crippen LogP contribution < -0.4 is 0 Å². The first kappa shape index (κ1) is 23.1. The zero-order valence-corrected chi connectivity index (χ0v) is 17.8. The molecular formula is C25H44O. The van der Waals surface area contributed by atoms with Crippen LogP contribution in [0.2, 0.25) is 0 Å². The summed E-state index contributed by atoms with van der Waals surface area (Å²) in [5.41, 5.74) is 1.18. The molecule has 1 aromatic carbocycles. The van der Waals surface area contributed by atoms with E-state index in [2.05, 4.69) is 32.9 Å². The third kappa shape index (κ3) is 9.64. The molecule has 2 atom stereocenters. The van der Waals surface area contributed by atoms with Gasteiger partial charge in [0.25, 0.3) is 0 Å². The molecule has 0 aromatic heterocycles. The SMILES string of the molecule is CCCCCCCCCCCC(c1ccccc1O)C(C)CCCCC. The quantitative estimate of drug-likeness (QED) is 0.292. The number of unbranched alkanes of at least 4 members (excludes halogenated alkanes) is 10. The van der Waals surface area contributed by atoms with Gasteiger partial charge in [-0.1, -0.05) is 122 Å². The molecule has 0 radical (unpaired) electrons. The Labute approximate surface area is 163 Å². The lowest BCUT2D eigenvalue weighted by Crippen LogP contribution is -2.11. The molecule has 0 bridgehead atoms. The van der Waals surface area contributed by atoms with Crippen LogP contribution in [-0.4, -0.2) is 5.11 Å². The van der Waals surface area contributed by atoms with E-state index in [0.29, 0.717) is 17.6 Å². The van der Waals surface area contributed by atoms with Gasteiger partial charge in [-0.25, -0.2) is 0 Å². The fourth-order valence-electron chi connectivity index (χ4n) is 4.14. The number of aromatic hydroxyl groups is 1. The number of rotatable bonds is 16.